The van der Waals surface area contributed by atoms with Crippen LogP contribution in [0, 0.1) is 5.41 Å². The molecule has 0 spiro atoms. The van der Waals surface area contributed by atoms with Crippen molar-refractivity contribution in [1.82, 2.24) is 19.8 Å². The lowest BCUT2D eigenvalue weighted by Crippen LogP contribution is -2.49. The van der Waals surface area contributed by atoms with Crippen molar-refractivity contribution < 1.29 is 4.79 Å². The Balaban J connectivity index is 1.40. The summed E-state index contributed by atoms with van der Waals surface area (Å²) >= 11 is 0. The molecular weight excluding hydrogens is 414 g/mol. The fourth-order valence-electron chi connectivity index (χ4n) is 4.20. The zero-order valence-corrected chi connectivity index (χ0v) is 20.7. The number of aromatic nitrogens is 2. The van der Waals surface area contributed by atoms with Gasteiger partial charge in [-0.2, -0.15) is 4.99 Å². The standard InChI is InChI=1S/C25H35N7O/c1-24(2,3)21(33)18-7-9-26-22(27-15-18)30-11-13-31(14-12-30)23-28-16-19-17-32(25(4,5)6)10-8-20(19)29-23/h7,15-16H,8,10-14,17H2,1-6H3. The van der Waals surface area contributed by atoms with E-state index in [4.69, 9.17) is 4.98 Å². The summed E-state index contributed by atoms with van der Waals surface area (Å²) in [5, 5.41) is 0. The lowest BCUT2D eigenvalue weighted by atomic mass is 9.86. The highest BCUT2D eigenvalue weighted by molar-refractivity contribution is 6.04. The molecule has 1 aromatic heterocycles. The molecule has 8 nitrogen and oxygen atoms in total. The highest BCUT2D eigenvalue weighted by Crippen LogP contribution is 2.25. The highest BCUT2D eigenvalue weighted by Gasteiger charge is 2.28. The molecule has 0 unspecified atom stereocenters. The van der Waals surface area contributed by atoms with Crippen LogP contribution in [0.5, 0.6) is 0 Å². The Bertz CT molecular complexity index is 1040. The Labute approximate surface area is 196 Å². The number of hydrogen-bond donors (Lipinski definition) is 0. The first-order valence-corrected chi connectivity index (χ1v) is 11.7. The zero-order valence-electron chi connectivity index (χ0n) is 20.7. The van der Waals surface area contributed by atoms with Crippen molar-refractivity contribution in [3.63, 3.8) is 0 Å². The van der Waals surface area contributed by atoms with Gasteiger partial charge in [0.15, 0.2) is 5.78 Å². The predicted octanol–water partition coefficient (Wildman–Crippen LogP) is 2.85. The van der Waals surface area contributed by atoms with E-state index in [1.54, 1.807) is 12.3 Å². The summed E-state index contributed by atoms with van der Waals surface area (Å²) in [6.45, 7) is 17.5. The molecule has 0 atom stereocenters. The van der Waals surface area contributed by atoms with E-state index in [1.807, 2.05) is 27.0 Å². The van der Waals surface area contributed by atoms with Crippen LogP contribution in [0.4, 0.5) is 5.95 Å². The summed E-state index contributed by atoms with van der Waals surface area (Å²) in [6, 6.07) is 0. The molecule has 4 rings (SSSR count). The van der Waals surface area contributed by atoms with Crippen molar-refractivity contribution in [2.24, 2.45) is 15.4 Å². The van der Waals surface area contributed by atoms with E-state index in [-0.39, 0.29) is 11.3 Å². The quantitative estimate of drug-likeness (QED) is 0.691. The minimum atomic E-state index is -0.463. The van der Waals surface area contributed by atoms with Gasteiger partial charge >= 0.3 is 0 Å². The fraction of sp³-hybridized carbons (Fsp3) is 0.600. The number of carbonyl (C=O) groups excluding carboxylic acids is 1. The predicted molar refractivity (Wildman–Crippen MR) is 132 cm³/mol. The van der Waals surface area contributed by atoms with E-state index in [2.05, 4.69) is 56.3 Å². The molecule has 0 saturated carbocycles. The molecule has 0 N–H and O–H groups in total. The summed E-state index contributed by atoms with van der Waals surface area (Å²) < 4.78 is 0. The average Bonchev–Trinajstić information content (AvgIpc) is 3.03. The summed E-state index contributed by atoms with van der Waals surface area (Å²) in [4.78, 5) is 37.8. The molecule has 0 bridgehead atoms. The van der Waals surface area contributed by atoms with Gasteiger partial charge < -0.3 is 9.80 Å². The number of nitrogens with zero attached hydrogens (tertiary/aromatic N) is 7. The Morgan fingerprint density at radius 2 is 1.70 bits per heavy atom. The molecule has 0 aliphatic carbocycles. The Morgan fingerprint density at radius 3 is 2.36 bits per heavy atom. The maximum Gasteiger partial charge on any atom is 0.233 e. The zero-order chi connectivity index (χ0) is 23.8. The normalized spacial score (nSPS) is 19.7. The van der Waals surface area contributed by atoms with Gasteiger partial charge in [-0.25, -0.2) is 15.0 Å². The van der Waals surface area contributed by atoms with Crippen molar-refractivity contribution >= 4 is 23.6 Å². The van der Waals surface area contributed by atoms with Crippen molar-refractivity contribution in [3.8, 4) is 0 Å². The van der Waals surface area contributed by atoms with Crippen LogP contribution >= 0.6 is 0 Å². The molecule has 3 aliphatic heterocycles. The number of hydrogen-bond acceptors (Lipinski definition) is 8. The minimum absolute atomic E-state index is 0.0372. The second-order valence-electron chi connectivity index (χ2n) is 10.9. The maximum absolute atomic E-state index is 12.5. The number of fused-ring (bicyclic) bond motifs is 1. The fourth-order valence-corrected chi connectivity index (χ4v) is 4.20. The smallest absolute Gasteiger partial charge is 0.233 e. The first-order chi connectivity index (χ1) is 15.5. The summed E-state index contributed by atoms with van der Waals surface area (Å²) in [7, 11) is 0. The molecule has 1 aromatic rings. The van der Waals surface area contributed by atoms with Crippen molar-refractivity contribution in [1.29, 1.82) is 0 Å². The third kappa shape index (κ3) is 5.23. The van der Waals surface area contributed by atoms with Crippen LogP contribution in [0.3, 0.4) is 0 Å². The van der Waals surface area contributed by atoms with E-state index >= 15 is 0 Å². The lowest BCUT2D eigenvalue weighted by Gasteiger charge is -2.39. The number of Topliss-reactive ketones (excluding diaryl/α,β-unsaturated/α-hetero) is 1. The van der Waals surface area contributed by atoms with Gasteiger partial charge in [0.05, 0.1) is 5.69 Å². The van der Waals surface area contributed by atoms with Crippen LogP contribution in [-0.4, -0.2) is 75.6 Å². The van der Waals surface area contributed by atoms with Crippen molar-refractivity contribution in [2.45, 2.75) is 60.0 Å². The van der Waals surface area contributed by atoms with Crippen LogP contribution in [-0.2, 0) is 17.8 Å². The molecular formula is C25H35N7O. The molecule has 1 fully saturated rings. The van der Waals surface area contributed by atoms with Gasteiger partial charge in [-0.3, -0.25) is 9.69 Å². The highest BCUT2D eigenvalue weighted by atomic mass is 16.1. The van der Waals surface area contributed by atoms with Crippen LogP contribution in [0.15, 0.2) is 34.0 Å². The van der Waals surface area contributed by atoms with Gasteiger partial charge in [-0.1, -0.05) is 20.8 Å². The largest absolute Gasteiger partial charge is 0.337 e. The monoisotopic (exact) mass is 449 g/mol. The number of rotatable bonds is 2. The maximum atomic E-state index is 12.5. The van der Waals surface area contributed by atoms with Gasteiger partial charge in [0.2, 0.25) is 11.9 Å². The van der Waals surface area contributed by atoms with Crippen LogP contribution in [0.2, 0.25) is 0 Å². The SMILES string of the molecule is CC(C)(C)C(=O)C1=CN=C(N2CCN(c3ncc4c(n3)CCN(C(C)(C)C)C4)CC2)N=C=C1. The second kappa shape index (κ2) is 8.84. The third-order valence-corrected chi connectivity index (χ3v) is 6.36. The van der Waals surface area contributed by atoms with Crippen LogP contribution in [0.25, 0.3) is 0 Å². The molecule has 0 amide bonds. The number of aliphatic imine (C=N–C) groups is 2. The molecule has 8 heteroatoms. The van der Waals surface area contributed by atoms with E-state index < -0.39 is 5.41 Å². The Kier molecular flexibility index (Phi) is 6.25. The number of allylic oxidation sites excluding steroid dienone is 2. The molecule has 0 aromatic carbocycles. The summed E-state index contributed by atoms with van der Waals surface area (Å²) in [6.07, 6.45) is 6.21. The van der Waals surface area contributed by atoms with E-state index in [0.717, 1.165) is 51.6 Å². The molecule has 33 heavy (non-hydrogen) atoms. The number of guanidine groups is 1. The Morgan fingerprint density at radius 1 is 1.00 bits per heavy atom. The van der Waals surface area contributed by atoms with Crippen molar-refractivity contribution in [2.75, 3.05) is 37.6 Å². The van der Waals surface area contributed by atoms with Gasteiger partial charge in [0.25, 0.3) is 0 Å². The van der Waals surface area contributed by atoms with Crippen LogP contribution in [0.1, 0.15) is 52.8 Å². The molecule has 176 valence electrons. The van der Waals surface area contributed by atoms with E-state index in [9.17, 15) is 4.79 Å². The molecule has 0 radical (unpaired) electrons. The first-order valence-electron chi connectivity index (χ1n) is 11.7. The number of carbonyl (C=O) groups is 1. The molecule has 1 saturated heterocycles. The van der Waals surface area contributed by atoms with E-state index in [0.29, 0.717) is 11.5 Å². The minimum Gasteiger partial charge on any atom is -0.337 e. The number of piperazine rings is 1. The molecule has 4 heterocycles. The second-order valence-corrected chi connectivity index (χ2v) is 10.9. The summed E-state index contributed by atoms with van der Waals surface area (Å²) in [5.74, 6) is 4.32. The van der Waals surface area contributed by atoms with Crippen molar-refractivity contribution in [3.05, 3.63) is 35.3 Å². The van der Waals surface area contributed by atoms with E-state index in [1.165, 1.54) is 11.3 Å². The van der Waals surface area contributed by atoms with Crippen LogP contribution < -0.4 is 4.90 Å². The molecule has 3 aliphatic rings. The average molecular weight is 450 g/mol. The lowest BCUT2D eigenvalue weighted by molar-refractivity contribution is -0.122. The van der Waals surface area contributed by atoms with Gasteiger partial charge in [-0.05, 0) is 26.6 Å². The Hall–Kier alpha value is -2.83. The first kappa shape index (κ1) is 23.3. The third-order valence-electron chi connectivity index (χ3n) is 6.36. The summed E-state index contributed by atoms with van der Waals surface area (Å²) in [5.41, 5.74) is 2.63. The number of anilines is 1. The van der Waals surface area contributed by atoms with Gasteiger partial charge in [0.1, 0.15) is 0 Å². The van der Waals surface area contributed by atoms with Gasteiger partial charge in [0, 0.05) is 86.3 Å². The van der Waals surface area contributed by atoms with Gasteiger partial charge in [-0.15, -0.1) is 0 Å². The number of ketones is 1. The topological polar surface area (TPSA) is 77.3 Å².